The third-order valence-electron chi connectivity index (χ3n) is 1.62. The number of nitriles is 1. The molecule has 0 saturated heterocycles. The molecule has 0 N–H and O–H groups in total. The molecule has 0 aromatic carbocycles. The highest BCUT2D eigenvalue weighted by molar-refractivity contribution is 5.30. The molecule has 0 radical (unpaired) electrons. The summed E-state index contributed by atoms with van der Waals surface area (Å²) < 4.78 is 1.30. The summed E-state index contributed by atoms with van der Waals surface area (Å²) in [4.78, 5) is 14.8. The zero-order valence-corrected chi connectivity index (χ0v) is 7.03. The molecule has 0 aliphatic heterocycles. The van der Waals surface area contributed by atoms with Gasteiger partial charge in [0.05, 0.1) is 11.3 Å². The Balaban J connectivity index is 3.42. The lowest BCUT2D eigenvalue weighted by Crippen LogP contribution is -2.21. The highest BCUT2D eigenvalue weighted by Gasteiger charge is 2.03. The van der Waals surface area contributed by atoms with Crippen LogP contribution in [0.4, 0.5) is 0 Å². The van der Waals surface area contributed by atoms with Gasteiger partial charge in [0, 0.05) is 13.2 Å². The van der Waals surface area contributed by atoms with Crippen LogP contribution in [-0.2, 0) is 13.5 Å². The second kappa shape index (κ2) is 3.18. The average Bonchev–Trinajstić information content (AvgIpc) is 2.09. The van der Waals surface area contributed by atoms with Gasteiger partial charge < -0.3 is 4.57 Å². The van der Waals surface area contributed by atoms with Crippen LogP contribution in [0.5, 0.6) is 0 Å². The van der Waals surface area contributed by atoms with Gasteiger partial charge in [0.15, 0.2) is 0 Å². The molecule has 0 bridgehead atoms. The van der Waals surface area contributed by atoms with Crippen molar-refractivity contribution in [3.8, 4) is 6.07 Å². The average molecular weight is 163 g/mol. The summed E-state index contributed by atoms with van der Waals surface area (Å²) >= 11 is 0. The Morgan fingerprint density at radius 1 is 1.75 bits per heavy atom. The van der Waals surface area contributed by atoms with Gasteiger partial charge in [-0.25, -0.2) is 4.79 Å². The number of nitrogens with zero attached hydrogens (tertiary/aromatic N) is 3. The van der Waals surface area contributed by atoms with Crippen molar-refractivity contribution in [1.82, 2.24) is 9.55 Å². The molecule has 0 aliphatic carbocycles. The molecule has 1 aromatic rings. The summed E-state index contributed by atoms with van der Waals surface area (Å²) in [7, 11) is 1.58. The van der Waals surface area contributed by atoms with Crippen molar-refractivity contribution in [2.45, 2.75) is 13.3 Å². The van der Waals surface area contributed by atoms with Gasteiger partial charge in [0.1, 0.15) is 6.07 Å². The summed E-state index contributed by atoms with van der Waals surface area (Å²) in [6.45, 7) is 1.86. The van der Waals surface area contributed by atoms with E-state index in [2.05, 4.69) is 4.98 Å². The number of rotatable bonds is 1. The van der Waals surface area contributed by atoms with Gasteiger partial charge in [-0.05, 0) is 6.42 Å². The smallest absolute Gasteiger partial charge is 0.301 e. The zero-order chi connectivity index (χ0) is 9.14. The van der Waals surface area contributed by atoms with Gasteiger partial charge in [0.2, 0.25) is 0 Å². The van der Waals surface area contributed by atoms with Crippen LogP contribution >= 0.6 is 0 Å². The first kappa shape index (κ1) is 8.47. The second-order valence-electron chi connectivity index (χ2n) is 2.46. The lowest BCUT2D eigenvalue weighted by Gasteiger charge is -2.00. The third-order valence-corrected chi connectivity index (χ3v) is 1.62. The fourth-order valence-electron chi connectivity index (χ4n) is 0.941. The van der Waals surface area contributed by atoms with Crippen molar-refractivity contribution in [2.24, 2.45) is 7.05 Å². The Morgan fingerprint density at radius 3 is 2.92 bits per heavy atom. The van der Waals surface area contributed by atoms with Crippen molar-refractivity contribution in [3.63, 3.8) is 0 Å². The molecule has 0 aliphatic rings. The van der Waals surface area contributed by atoms with Gasteiger partial charge >= 0.3 is 5.69 Å². The predicted octanol–water partition coefficient (Wildman–Crippen LogP) is 0.214. The molecule has 4 heteroatoms. The lowest BCUT2D eigenvalue weighted by molar-refractivity contribution is 0.782. The molecule has 62 valence electrons. The van der Waals surface area contributed by atoms with Gasteiger partial charge in [-0.1, -0.05) is 6.92 Å². The van der Waals surface area contributed by atoms with Crippen LogP contribution in [0.25, 0.3) is 0 Å². The normalized spacial score (nSPS) is 9.42. The first-order chi connectivity index (χ1) is 5.69. The second-order valence-corrected chi connectivity index (χ2v) is 2.46. The predicted molar refractivity (Wildman–Crippen MR) is 43.6 cm³/mol. The quantitative estimate of drug-likeness (QED) is 0.594. The van der Waals surface area contributed by atoms with Crippen molar-refractivity contribution >= 4 is 0 Å². The van der Waals surface area contributed by atoms with Crippen molar-refractivity contribution < 1.29 is 0 Å². The molecule has 0 unspecified atom stereocenters. The van der Waals surface area contributed by atoms with Gasteiger partial charge in [0.25, 0.3) is 0 Å². The summed E-state index contributed by atoms with van der Waals surface area (Å²) in [6.07, 6.45) is 2.12. The molecule has 0 spiro atoms. The van der Waals surface area contributed by atoms with E-state index in [0.29, 0.717) is 17.7 Å². The minimum absolute atomic E-state index is 0.314. The van der Waals surface area contributed by atoms with E-state index in [1.165, 1.54) is 10.8 Å². The maximum absolute atomic E-state index is 11.0. The van der Waals surface area contributed by atoms with E-state index >= 15 is 0 Å². The van der Waals surface area contributed by atoms with Crippen LogP contribution in [0.15, 0.2) is 11.0 Å². The summed E-state index contributed by atoms with van der Waals surface area (Å²) in [5.41, 5.74) is 0.728. The molecular formula is C8H9N3O. The van der Waals surface area contributed by atoms with Crippen LogP contribution in [-0.4, -0.2) is 9.55 Å². The fraction of sp³-hybridized carbons (Fsp3) is 0.375. The molecule has 4 nitrogen and oxygen atoms in total. The van der Waals surface area contributed by atoms with Gasteiger partial charge in [-0.3, -0.25) is 0 Å². The third kappa shape index (κ3) is 1.35. The topological polar surface area (TPSA) is 58.7 Å². The molecule has 0 amide bonds. The lowest BCUT2D eigenvalue weighted by atomic mass is 10.2. The van der Waals surface area contributed by atoms with Crippen LogP contribution in [0.1, 0.15) is 18.2 Å². The SMILES string of the molecule is CCc1nc(=O)n(C)cc1C#N. The molecule has 0 atom stereocenters. The van der Waals surface area contributed by atoms with Crippen molar-refractivity contribution in [1.29, 1.82) is 5.26 Å². The number of aromatic nitrogens is 2. The maximum atomic E-state index is 11.0. The maximum Gasteiger partial charge on any atom is 0.347 e. The Hall–Kier alpha value is -1.63. The fourth-order valence-corrected chi connectivity index (χ4v) is 0.941. The molecule has 0 saturated carbocycles. The number of hydrogen-bond donors (Lipinski definition) is 0. The summed E-state index contributed by atoms with van der Waals surface area (Å²) in [6, 6.07) is 1.99. The van der Waals surface area contributed by atoms with Crippen LogP contribution in [0, 0.1) is 11.3 Å². The molecular weight excluding hydrogens is 154 g/mol. The number of aryl methyl sites for hydroxylation is 2. The summed E-state index contributed by atoms with van der Waals surface area (Å²) in [5, 5.41) is 8.66. The molecule has 0 fully saturated rings. The summed E-state index contributed by atoms with van der Waals surface area (Å²) in [5.74, 6) is 0. The Kier molecular flexibility index (Phi) is 2.24. The van der Waals surface area contributed by atoms with E-state index in [4.69, 9.17) is 5.26 Å². The minimum Gasteiger partial charge on any atom is -0.301 e. The van der Waals surface area contributed by atoms with E-state index in [-0.39, 0.29) is 5.69 Å². The largest absolute Gasteiger partial charge is 0.347 e. The molecule has 12 heavy (non-hydrogen) atoms. The van der Waals surface area contributed by atoms with E-state index in [9.17, 15) is 4.79 Å². The minimum atomic E-state index is -0.314. The van der Waals surface area contributed by atoms with E-state index in [1.807, 2.05) is 13.0 Å². The molecule has 1 rings (SSSR count). The van der Waals surface area contributed by atoms with Crippen molar-refractivity contribution in [2.75, 3.05) is 0 Å². The van der Waals surface area contributed by atoms with E-state index < -0.39 is 0 Å². The zero-order valence-electron chi connectivity index (χ0n) is 7.03. The van der Waals surface area contributed by atoms with E-state index in [1.54, 1.807) is 7.05 Å². The monoisotopic (exact) mass is 163 g/mol. The first-order valence-electron chi connectivity index (χ1n) is 3.65. The Bertz CT molecular complexity index is 386. The Labute approximate surface area is 70.1 Å². The molecule has 1 aromatic heterocycles. The highest BCUT2D eigenvalue weighted by Crippen LogP contribution is 2.00. The van der Waals surface area contributed by atoms with Crippen molar-refractivity contribution in [3.05, 3.63) is 27.9 Å². The van der Waals surface area contributed by atoms with Crippen LogP contribution in [0.3, 0.4) is 0 Å². The van der Waals surface area contributed by atoms with Gasteiger partial charge in [-0.15, -0.1) is 0 Å². The standard InChI is InChI=1S/C8H9N3O/c1-3-7-6(4-9)5-11(2)8(12)10-7/h5H,3H2,1-2H3. The number of hydrogen-bond acceptors (Lipinski definition) is 3. The van der Waals surface area contributed by atoms with Gasteiger partial charge in [-0.2, -0.15) is 10.2 Å². The molecule has 1 heterocycles. The highest BCUT2D eigenvalue weighted by atomic mass is 16.1. The van der Waals surface area contributed by atoms with Crippen LogP contribution in [0.2, 0.25) is 0 Å². The van der Waals surface area contributed by atoms with Crippen LogP contribution < -0.4 is 5.69 Å². The Morgan fingerprint density at radius 2 is 2.42 bits per heavy atom. The van der Waals surface area contributed by atoms with E-state index in [0.717, 1.165) is 0 Å². The first-order valence-corrected chi connectivity index (χ1v) is 3.65.